The third-order valence-corrected chi connectivity index (χ3v) is 2.21. The molecule has 0 aliphatic carbocycles. The molecule has 2 aromatic rings. The van der Waals surface area contributed by atoms with Crippen molar-refractivity contribution in [1.82, 2.24) is 10.2 Å². The smallest absolute Gasteiger partial charge is 0.165 e. The summed E-state index contributed by atoms with van der Waals surface area (Å²) in [6, 6.07) is 8.33. The molecule has 84 valence electrons. The van der Waals surface area contributed by atoms with Crippen LogP contribution in [0.3, 0.4) is 0 Å². The van der Waals surface area contributed by atoms with Gasteiger partial charge in [-0.25, -0.2) is 4.39 Å². The molecular weight excluding hydrogens is 207 g/mol. The molecule has 0 spiro atoms. The summed E-state index contributed by atoms with van der Waals surface area (Å²) in [6.07, 6.45) is 0.665. The third-order valence-electron chi connectivity index (χ3n) is 2.21. The number of nitrogens with zero attached hydrogens (tertiary/aromatic N) is 1. The van der Waals surface area contributed by atoms with Crippen molar-refractivity contribution in [1.29, 1.82) is 0 Å². The maximum atomic E-state index is 13.2. The number of aromatic amines is 1. The molecule has 0 aliphatic rings. The van der Waals surface area contributed by atoms with Gasteiger partial charge in [0.15, 0.2) is 11.6 Å². The van der Waals surface area contributed by atoms with Crippen LogP contribution in [0.4, 0.5) is 4.39 Å². The molecule has 0 saturated heterocycles. The Morgan fingerprint density at radius 3 is 2.88 bits per heavy atom. The second-order valence-corrected chi connectivity index (χ2v) is 3.57. The molecule has 1 aromatic carbocycles. The average Bonchev–Trinajstić information content (AvgIpc) is 2.67. The Labute approximate surface area is 93.3 Å². The van der Waals surface area contributed by atoms with Crippen molar-refractivity contribution in [3.63, 3.8) is 0 Å². The molecule has 0 bridgehead atoms. The standard InChI is InChI=1S/C12H13FN2O/c1-9-8-10(15-14-9)6-7-16-12-5-3-2-4-11(12)13/h2-5,8H,6-7H2,1H3,(H,14,15). The van der Waals surface area contributed by atoms with E-state index in [9.17, 15) is 4.39 Å². The minimum Gasteiger partial charge on any atom is -0.490 e. The molecule has 2 rings (SSSR count). The number of rotatable bonds is 4. The molecule has 0 saturated carbocycles. The highest BCUT2D eigenvalue weighted by atomic mass is 19.1. The molecule has 0 fully saturated rings. The van der Waals surface area contributed by atoms with E-state index >= 15 is 0 Å². The molecule has 4 heteroatoms. The van der Waals surface area contributed by atoms with E-state index in [-0.39, 0.29) is 11.6 Å². The molecular formula is C12H13FN2O. The number of aryl methyl sites for hydroxylation is 1. The van der Waals surface area contributed by atoms with Crippen molar-refractivity contribution >= 4 is 0 Å². The van der Waals surface area contributed by atoms with Crippen molar-refractivity contribution in [3.05, 3.63) is 47.5 Å². The SMILES string of the molecule is Cc1cc(CCOc2ccccc2F)n[nH]1. The second kappa shape index (κ2) is 4.79. The van der Waals surface area contributed by atoms with Crippen molar-refractivity contribution in [2.45, 2.75) is 13.3 Å². The Bertz CT molecular complexity index is 468. The minimum absolute atomic E-state index is 0.287. The molecule has 3 nitrogen and oxygen atoms in total. The lowest BCUT2D eigenvalue weighted by Gasteiger charge is -2.05. The number of para-hydroxylation sites is 1. The van der Waals surface area contributed by atoms with Crippen LogP contribution in [-0.2, 0) is 6.42 Å². The highest BCUT2D eigenvalue weighted by Gasteiger charge is 2.02. The maximum absolute atomic E-state index is 13.2. The first-order chi connectivity index (χ1) is 7.75. The predicted octanol–water partition coefficient (Wildman–Crippen LogP) is 2.48. The van der Waals surface area contributed by atoms with Crippen molar-refractivity contribution in [2.75, 3.05) is 6.61 Å². The fourth-order valence-corrected chi connectivity index (χ4v) is 1.43. The molecule has 1 aromatic heterocycles. The summed E-state index contributed by atoms with van der Waals surface area (Å²) in [5.74, 6) is -0.0459. The maximum Gasteiger partial charge on any atom is 0.165 e. The zero-order chi connectivity index (χ0) is 11.4. The molecule has 1 N–H and O–H groups in total. The van der Waals surface area contributed by atoms with Crippen LogP contribution >= 0.6 is 0 Å². The van der Waals surface area contributed by atoms with E-state index < -0.39 is 0 Å². The quantitative estimate of drug-likeness (QED) is 0.859. The number of H-pyrrole nitrogens is 1. The monoisotopic (exact) mass is 220 g/mol. The fourth-order valence-electron chi connectivity index (χ4n) is 1.43. The molecule has 0 atom stereocenters. The van der Waals surface area contributed by atoms with Gasteiger partial charge in [0.1, 0.15) is 0 Å². The number of hydrogen-bond acceptors (Lipinski definition) is 2. The zero-order valence-electron chi connectivity index (χ0n) is 9.03. The third kappa shape index (κ3) is 2.59. The average molecular weight is 220 g/mol. The van der Waals surface area contributed by atoms with E-state index in [0.29, 0.717) is 13.0 Å². The van der Waals surface area contributed by atoms with Gasteiger partial charge in [-0.2, -0.15) is 5.10 Å². The van der Waals surface area contributed by atoms with Gasteiger partial charge >= 0.3 is 0 Å². The van der Waals surface area contributed by atoms with Crippen LogP contribution in [0.1, 0.15) is 11.4 Å². The summed E-state index contributed by atoms with van der Waals surface area (Å²) in [5, 5.41) is 6.92. The van der Waals surface area contributed by atoms with Gasteiger partial charge in [0.25, 0.3) is 0 Å². The highest BCUT2D eigenvalue weighted by molar-refractivity contribution is 5.23. The summed E-state index contributed by atoms with van der Waals surface area (Å²) in [7, 11) is 0. The van der Waals surface area contributed by atoms with E-state index in [1.165, 1.54) is 6.07 Å². The number of ether oxygens (including phenoxy) is 1. The second-order valence-electron chi connectivity index (χ2n) is 3.57. The Hall–Kier alpha value is -1.84. The van der Waals surface area contributed by atoms with Gasteiger partial charge in [-0.15, -0.1) is 0 Å². The molecule has 0 radical (unpaired) electrons. The van der Waals surface area contributed by atoms with Crippen molar-refractivity contribution in [2.24, 2.45) is 0 Å². The largest absolute Gasteiger partial charge is 0.490 e. The first-order valence-electron chi connectivity index (χ1n) is 5.14. The number of hydrogen-bond donors (Lipinski definition) is 1. The zero-order valence-corrected chi connectivity index (χ0v) is 9.03. The molecule has 0 aliphatic heterocycles. The van der Waals surface area contributed by atoms with Gasteiger partial charge in [0, 0.05) is 12.1 Å². The minimum atomic E-state index is -0.333. The highest BCUT2D eigenvalue weighted by Crippen LogP contribution is 2.15. The van der Waals surface area contributed by atoms with E-state index in [1.807, 2.05) is 13.0 Å². The van der Waals surface area contributed by atoms with Crippen molar-refractivity contribution in [3.8, 4) is 5.75 Å². The van der Waals surface area contributed by atoms with Gasteiger partial charge in [-0.05, 0) is 25.1 Å². The fraction of sp³-hybridized carbons (Fsp3) is 0.250. The molecule has 0 unspecified atom stereocenters. The van der Waals surface area contributed by atoms with Crippen LogP contribution in [0.2, 0.25) is 0 Å². The number of benzene rings is 1. The number of aromatic nitrogens is 2. The summed E-state index contributed by atoms with van der Waals surface area (Å²) >= 11 is 0. The Morgan fingerprint density at radius 2 is 2.19 bits per heavy atom. The molecule has 0 amide bonds. The summed E-state index contributed by atoms with van der Waals surface area (Å²) in [4.78, 5) is 0. The summed E-state index contributed by atoms with van der Waals surface area (Å²) in [6.45, 7) is 2.36. The van der Waals surface area contributed by atoms with Crippen LogP contribution in [0.25, 0.3) is 0 Å². The first-order valence-corrected chi connectivity index (χ1v) is 5.14. The van der Waals surface area contributed by atoms with Gasteiger partial charge in [-0.1, -0.05) is 12.1 Å². The van der Waals surface area contributed by atoms with Crippen LogP contribution in [0, 0.1) is 12.7 Å². The lowest BCUT2D eigenvalue weighted by Crippen LogP contribution is -2.02. The Morgan fingerprint density at radius 1 is 1.38 bits per heavy atom. The van der Waals surface area contributed by atoms with E-state index in [2.05, 4.69) is 10.2 Å². The first kappa shape index (κ1) is 10.7. The van der Waals surface area contributed by atoms with Gasteiger partial charge in [-0.3, -0.25) is 5.10 Å². The lowest BCUT2D eigenvalue weighted by atomic mass is 10.3. The Kier molecular flexibility index (Phi) is 3.19. The molecule has 16 heavy (non-hydrogen) atoms. The van der Waals surface area contributed by atoms with Gasteiger partial charge < -0.3 is 4.74 Å². The summed E-state index contributed by atoms with van der Waals surface area (Å²) in [5.41, 5.74) is 1.94. The topological polar surface area (TPSA) is 37.9 Å². The normalized spacial score (nSPS) is 10.4. The van der Waals surface area contributed by atoms with E-state index in [4.69, 9.17) is 4.74 Å². The Balaban J connectivity index is 1.87. The number of nitrogens with one attached hydrogen (secondary N) is 1. The van der Waals surface area contributed by atoms with Crippen LogP contribution in [0.5, 0.6) is 5.75 Å². The van der Waals surface area contributed by atoms with Crippen LogP contribution in [-0.4, -0.2) is 16.8 Å². The van der Waals surface area contributed by atoms with Gasteiger partial charge in [0.2, 0.25) is 0 Å². The van der Waals surface area contributed by atoms with E-state index in [0.717, 1.165) is 11.4 Å². The molecule has 1 heterocycles. The predicted molar refractivity (Wildman–Crippen MR) is 58.9 cm³/mol. The van der Waals surface area contributed by atoms with E-state index in [1.54, 1.807) is 18.2 Å². The van der Waals surface area contributed by atoms with Crippen molar-refractivity contribution < 1.29 is 9.13 Å². The number of halogens is 1. The van der Waals surface area contributed by atoms with Crippen LogP contribution in [0.15, 0.2) is 30.3 Å². The van der Waals surface area contributed by atoms with Crippen LogP contribution < -0.4 is 4.74 Å². The van der Waals surface area contributed by atoms with Gasteiger partial charge in [0.05, 0.1) is 12.3 Å². The summed E-state index contributed by atoms with van der Waals surface area (Å²) < 4.78 is 18.5. The lowest BCUT2D eigenvalue weighted by molar-refractivity contribution is 0.304.